The molecule has 2 rings (SSSR count). The smallest absolute Gasteiger partial charge is 0.163 e. The molecular formula is C18H26O5. The highest BCUT2D eigenvalue weighted by atomic mass is 16.7. The Morgan fingerprint density at radius 3 is 2.61 bits per heavy atom. The third kappa shape index (κ3) is 5.62. The Morgan fingerprint density at radius 1 is 1.30 bits per heavy atom. The minimum atomic E-state index is -0.576. The van der Waals surface area contributed by atoms with Crippen LogP contribution in [0.2, 0.25) is 0 Å². The standard InChI is InChI=1S/C18H26O5/c1-18(2)22-13-17(23-18)16(6-4-5-11-19)21-12-14-7-9-15(20-3)10-8-14/h4-5,7-10,16-17,19H,6,11-13H2,1-3H3/t16-,17+/m1/s1. The summed E-state index contributed by atoms with van der Waals surface area (Å²) >= 11 is 0. The van der Waals surface area contributed by atoms with Gasteiger partial charge < -0.3 is 24.1 Å². The van der Waals surface area contributed by atoms with Crippen LogP contribution in [0.4, 0.5) is 0 Å². The van der Waals surface area contributed by atoms with E-state index in [4.69, 9.17) is 24.1 Å². The highest BCUT2D eigenvalue weighted by Crippen LogP contribution is 2.27. The van der Waals surface area contributed by atoms with Gasteiger partial charge in [-0.3, -0.25) is 0 Å². The lowest BCUT2D eigenvalue weighted by molar-refractivity contribution is -0.157. The van der Waals surface area contributed by atoms with Gasteiger partial charge in [0.15, 0.2) is 5.79 Å². The first kappa shape index (κ1) is 17.9. The van der Waals surface area contributed by atoms with Crippen LogP contribution in [0.15, 0.2) is 36.4 Å². The summed E-state index contributed by atoms with van der Waals surface area (Å²) in [5, 5.41) is 8.89. The zero-order valence-electron chi connectivity index (χ0n) is 14.0. The molecule has 0 amide bonds. The van der Waals surface area contributed by atoms with Crippen LogP contribution in [0.5, 0.6) is 5.75 Å². The average Bonchev–Trinajstić information content (AvgIpc) is 2.91. The molecule has 0 unspecified atom stereocenters. The van der Waals surface area contributed by atoms with E-state index < -0.39 is 5.79 Å². The maximum absolute atomic E-state index is 8.89. The zero-order chi connectivity index (χ0) is 16.7. The summed E-state index contributed by atoms with van der Waals surface area (Å²) < 4.78 is 22.7. The Hall–Kier alpha value is -1.40. The second-order valence-electron chi connectivity index (χ2n) is 5.95. The first-order valence-electron chi connectivity index (χ1n) is 7.86. The van der Waals surface area contributed by atoms with Crippen LogP contribution in [0.3, 0.4) is 0 Å². The van der Waals surface area contributed by atoms with E-state index >= 15 is 0 Å². The monoisotopic (exact) mass is 322 g/mol. The maximum atomic E-state index is 8.89. The molecule has 1 aromatic carbocycles. The second-order valence-corrected chi connectivity index (χ2v) is 5.95. The first-order valence-corrected chi connectivity index (χ1v) is 7.86. The van der Waals surface area contributed by atoms with Crippen LogP contribution in [0, 0.1) is 0 Å². The largest absolute Gasteiger partial charge is 0.497 e. The Balaban J connectivity index is 1.94. The number of benzene rings is 1. The van der Waals surface area contributed by atoms with Gasteiger partial charge in [0.2, 0.25) is 0 Å². The van der Waals surface area contributed by atoms with E-state index in [1.54, 1.807) is 13.2 Å². The normalized spacial score (nSPS) is 21.7. The number of methoxy groups -OCH3 is 1. The highest BCUT2D eigenvalue weighted by molar-refractivity contribution is 5.26. The second kappa shape index (κ2) is 8.45. The van der Waals surface area contributed by atoms with Gasteiger partial charge in [-0.05, 0) is 38.0 Å². The third-order valence-corrected chi connectivity index (χ3v) is 3.71. The number of aliphatic hydroxyl groups is 1. The number of ether oxygens (including phenoxy) is 4. The lowest BCUT2D eigenvalue weighted by atomic mass is 10.1. The number of hydrogen-bond acceptors (Lipinski definition) is 5. The molecule has 0 aliphatic carbocycles. The van der Waals surface area contributed by atoms with Gasteiger partial charge in [-0.2, -0.15) is 0 Å². The van der Waals surface area contributed by atoms with Crippen LogP contribution in [0.25, 0.3) is 0 Å². The molecule has 1 saturated heterocycles. The van der Waals surface area contributed by atoms with Crippen LogP contribution in [-0.2, 0) is 20.8 Å². The van der Waals surface area contributed by atoms with Crippen molar-refractivity contribution in [2.24, 2.45) is 0 Å². The molecule has 0 bridgehead atoms. The fourth-order valence-electron chi connectivity index (χ4n) is 2.46. The van der Waals surface area contributed by atoms with E-state index in [1.165, 1.54) is 0 Å². The Morgan fingerprint density at radius 2 is 2.04 bits per heavy atom. The predicted molar refractivity (Wildman–Crippen MR) is 87.3 cm³/mol. The molecule has 128 valence electrons. The molecule has 5 heteroatoms. The average molecular weight is 322 g/mol. The third-order valence-electron chi connectivity index (χ3n) is 3.71. The first-order chi connectivity index (χ1) is 11.0. The molecule has 1 aliphatic heterocycles. The van der Waals surface area contributed by atoms with Crippen molar-refractivity contribution >= 4 is 0 Å². The van der Waals surface area contributed by atoms with E-state index in [0.29, 0.717) is 19.6 Å². The summed E-state index contributed by atoms with van der Waals surface area (Å²) in [6, 6.07) is 7.79. The highest BCUT2D eigenvalue weighted by Gasteiger charge is 2.37. The van der Waals surface area contributed by atoms with E-state index in [-0.39, 0.29) is 18.8 Å². The Kier molecular flexibility index (Phi) is 6.59. The molecular weight excluding hydrogens is 296 g/mol. The summed E-state index contributed by atoms with van der Waals surface area (Å²) in [5.74, 6) is 0.248. The molecule has 1 aromatic rings. The quantitative estimate of drug-likeness (QED) is 0.746. The molecule has 0 spiro atoms. The van der Waals surface area contributed by atoms with E-state index in [2.05, 4.69) is 0 Å². The molecule has 23 heavy (non-hydrogen) atoms. The van der Waals surface area contributed by atoms with Gasteiger partial charge in [0.05, 0.1) is 33.0 Å². The zero-order valence-corrected chi connectivity index (χ0v) is 14.0. The lowest BCUT2D eigenvalue weighted by Gasteiger charge is -2.24. The molecule has 0 saturated carbocycles. The summed E-state index contributed by atoms with van der Waals surface area (Å²) in [5.41, 5.74) is 1.07. The fourth-order valence-corrected chi connectivity index (χ4v) is 2.46. The van der Waals surface area contributed by atoms with Crippen molar-refractivity contribution in [2.75, 3.05) is 20.3 Å². The van der Waals surface area contributed by atoms with Crippen molar-refractivity contribution in [2.45, 2.75) is 44.9 Å². The van der Waals surface area contributed by atoms with Crippen molar-refractivity contribution in [3.63, 3.8) is 0 Å². The molecule has 1 N–H and O–H groups in total. The predicted octanol–water partition coefficient (Wildman–Crippen LogP) is 2.67. The van der Waals surface area contributed by atoms with Gasteiger partial charge in [-0.15, -0.1) is 0 Å². The van der Waals surface area contributed by atoms with Crippen LogP contribution >= 0.6 is 0 Å². The topological polar surface area (TPSA) is 57.2 Å². The van der Waals surface area contributed by atoms with Gasteiger partial charge in [0.1, 0.15) is 11.9 Å². The van der Waals surface area contributed by atoms with Gasteiger partial charge in [-0.25, -0.2) is 0 Å². The van der Waals surface area contributed by atoms with Crippen LogP contribution < -0.4 is 4.74 Å². The lowest BCUT2D eigenvalue weighted by Crippen LogP contribution is -2.32. The SMILES string of the molecule is COc1ccc(CO[C@H](CC=CCO)[C@@H]2COC(C)(C)O2)cc1. The van der Waals surface area contributed by atoms with Gasteiger partial charge in [0, 0.05) is 0 Å². The minimum absolute atomic E-state index is 0.0265. The van der Waals surface area contributed by atoms with Gasteiger partial charge in [-0.1, -0.05) is 24.3 Å². The molecule has 0 radical (unpaired) electrons. The van der Waals surface area contributed by atoms with Crippen molar-refractivity contribution in [1.29, 1.82) is 0 Å². The summed E-state index contributed by atoms with van der Waals surface area (Å²) in [6.07, 6.45) is 4.05. The molecule has 1 fully saturated rings. The molecule has 0 aromatic heterocycles. The summed E-state index contributed by atoms with van der Waals surface area (Å²) in [6.45, 7) is 4.82. The van der Waals surface area contributed by atoms with Gasteiger partial charge >= 0.3 is 0 Å². The molecule has 5 nitrogen and oxygen atoms in total. The Bertz CT molecular complexity index is 495. The van der Waals surface area contributed by atoms with Gasteiger partial charge in [0.25, 0.3) is 0 Å². The van der Waals surface area contributed by atoms with Crippen molar-refractivity contribution in [3.8, 4) is 5.75 Å². The summed E-state index contributed by atoms with van der Waals surface area (Å²) in [4.78, 5) is 0. The molecule has 2 atom stereocenters. The van der Waals surface area contributed by atoms with E-state index in [1.807, 2.05) is 44.2 Å². The fraction of sp³-hybridized carbons (Fsp3) is 0.556. The van der Waals surface area contributed by atoms with E-state index in [0.717, 1.165) is 11.3 Å². The number of aliphatic hydroxyl groups excluding tert-OH is 1. The number of hydrogen-bond donors (Lipinski definition) is 1. The van der Waals surface area contributed by atoms with Crippen LogP contribution in [-0.4, -0.2) is 43.4 Å². The summed E-state index contributed by atoms with van der Waals surface area (Å²) in [7, 11) is 1.65. The van der Waals surface area contributed by atoms with Crippen LogP contribution in [0.1, 0.15) is 25.8 Å². The molecule has 1 heterocycles. The van der Waals surface area contributed by atoms with Crippen molar-refractivity contribution in [1.82, 2.24) is 0 Å². The van der Waals surface area contributed by atoms with Crippen molar-refractivity contribution < 1.29 is 24.1 Å². The van der Waals surface area contributed by atoms with Crippen molar-refractivity contribution in [3.05, 3.63) is 42.0 Å². The van der Waals surface area contributed by atoms with E-state index in [9.17, 15) is 0 Å². The Labute approximate surface area is 137 Å². The number of rotatable bonds is 8. The molecule has 1 aliphatic rings. The minimum Gasteiger partial charge on any atom is -0.497 e. The maximum Gasteiger partial charge on any atom is 0.163 e.